The van der Waals surface area contributed by atoms with E-state index in [0.717, 1.165) is 0 Å². The number of fused-ring (bicyclic) bond motifs is 1. The Morgan fingerprint density at radius 2 is 2.22 bits per heavy atom. The van der Waals surface area contributed by atoms with Gasteiger partial charge >= 0.3 is 5.97 Å². The zero-order chi connectivity index (χ0) is 12.7. The number of aromatic nitrogens is 6. The molecule has 0 spiro atoms. The minimum absolute atomic E-state index is 0.127. The summed E-state index contributed by atoms with van der Waals surface area (Å²) in [4.78, 5) is 26.0. The van der Waals surface area contributed by atoms with Crippen molar-refractivity contribution in [3.05, 3.63) is 28.1 Å². The van der Waals surface area contributed by atoms with E-state index in [9.17, 15) is 4.79 Å². The number of nitrogens with zero attached hydrogens (tertiary/aromatic N) is 5. The summed E-state index contributed by atoms with van der Waals surface area (Å²) in [7, 11) is 0. The molecule has 2 N–H and O–H groups in total. The first kappa shape index (κ1) is 11.1. The molecule has 0 fully saturated rings. The summed E-state index contributed by atoms with van der Waals surface area (Å²) >= 11 is 1.91. The van der Waals surface area contributed by atoms with Gasteiger partial charge in [-0.1, -0.05) is 0 Å². The molecule has 0 amide bonds. The van der Waals surface area contributed by atoms with Crippen LogP contribution in [0.5, 0.6) is 0 Å². The van der Waals surface area contributed by atoms with Crippen molar-refractivity contribution in [3.63, 3.8) is 0 Å². The van der Waals surface area contributed by atoms with E-state index < -0.39 is 5.97 Å². The average Bonchev–Trinajstić information content (AvgIpc) is 2.94. The lowest BCUT2D eigenvalue weighted by molar-refractivity contribution is 0.0695. The number of carbonyl (C=O) groups is 1. The predicted molar refractivity (Wildman–Crippen MR) is 68.5 cm³/mol. The third-order valence-electron chi connectivity index (χ3n) is 2.34. The Balaban J connectivity index is 2.26. The van der Waals surface area contributed by atoms with Crippen LogP contribution < -0.4 is 0 Å². The molecule has 90 valence electrons. The fourth-order valence-corrected chi connectivity index (χ4v) is 2.26. The number of nitrogens with one attached hydrogen (secondary N) is 1. The lowest BCUT2D eigenvalue weighted by Crippen LogP contribution is -2.05. The smallest absolute Gasteiger partial charge is 0.340 e. The molecule has 3 rings (SSSR count). The quantitative estimate of drug-likeness (QED) is 0.659. The highest BCUT2D eigenvalue weighted by atomic mass is 127. The number of hydrogen-bond acceptors (Lipinski definition) is 5. The van der Waals surface area contributed by atoms with Crippen molar-refractivity contribution in [2.75, 3.05) is 0 Å². The van der Waals surface area contributed by atoms with Gasteiger partial charge in [0.2, 0.25) is 0 Å². The van der Waals surface area contributed by atoms with E-state index >= 15 is 0 Å². The van der Waals surface area contributed by atoms with Crippen LogP contribution in [-0.2, 0) is 0 Å². The molecule has 0 saturated carbocycles. The van der Waals surface area contributed by atoms with Crippen LogP contribution in [0.15, 0.2) is 18.9 Å². The second-order valence-corrected chi connectivity index (χ2v) is 4.39. The number of hydrogen-bond donors (Lipinski definition) is 2. The van der Waals surface area contributed by atoms with Crippen molar-refractivity contribution in [1.29, 1.82) is 0 Å². The summed E-state index contributed by atoms with van der Waals surface area (Å²) in [6.45, 7) is 0. The summed E-state index contributed by atoms with van der Waals surface area (Å²) in [5.74, 6) is -0.560. The van der Waals surface area contributed by atoms with Crippen molar-refractivity contribution in [2.45, 2.75) is 0 Å². The number of aromatic amines is 1. The molecule has 0 aromatic carbocycles. The van der Waals surface area contributed by atoms with Crippen molar-refractivity contribution < 1.29 is 9.90 Å². The van der Waals surface area contributed by atoms with Gasteiger partial charge in [0.1, 0.15) is 21.1 Å². The molecule has 8 nitrogen and oxygen atoms in total. The summed E-state index contributed by atoms with van der Waals surface area (Å²) in [5, 5.41) is 13.0. The number of aromatic carboxylic acids is 1. The number of imidazole rings is 1. The summed E-state index contributed by atoms with van der Waals surface area (Å²) in [5.41, 5.74) is 1.24. The van der Waals surface area contributed by atoms with Crippen molar-refractivity contribution in [1.82, 2.24) is 29.7 Å². The third kappa shape index (κ3) is 1.54. The molecule has 0 atom stereocenters. The highest BCUT2D eigenvalue weighted by Crippen LogP contribution is 2.19. The highest BCUT2D eigenvalue weighted by molar-refractivity contribution is 14.1. The standard InChI is InChI=1S/C9H5IN6O2/c10-6-4(9(17)18)1-15-16(6)8-5-7(12-2-11-5)13-3-14-8/h1-3H,(H,17,18)(H,11,12,13,14). The lowest BCUT2D eigenvalue weighted by atomic mass is 10.4. The van der Waals surface area contributed by atoms with E-state index in [1.807, 2.05) is 22.6 Å². The molecule has 3 aromatic rings. The van der Waals surface area contributed by atoms with Gasteiger partial charge in [0.15, 0.2) is 11.5 Å². The van der Waals surface area contributed by atoms with Crippen molar-refractivity contribution in [3.8, 4) is 5.82 Å². The zero-order valence-electron chi connectivity index (χ0n) is 8.70. The second-order valence-electron chi connectivity index (χ2n) is 3.36. The first-order valence-electron chi connectivity index (χ1n) is 4.79. The molecule has 0 bridgehead atoms. The van der Waals surface area contributed by atoms with Crippen LogP contribution in [-0.4, -0.2) is 40.8 Å². The van der Waals surface area contributed by atoms with Gasteiger partial charge in [-0.15, -0.1) is 0 Å². The molecule has 18 heavy (non-hydrogen) atoms. The summed E-state index contributed by atoms with van der Waals surface area (Å²) < 4.78 is 1.90. The lowest BCUT2D eigenvalue weighted by Gasteiger charge is -2.02. The fourth-order valence-electron chi connectivity index (χ4n) is 1.54. The normalized spacial score (nSPS) is 10.9. The van der Waals surface area contributed by atoms with Gasteiger partial charge in [-0.3, -0.25) is 0 Å². The molecule has 0 aliphatic carbocycles. The van der Waals surface area contributed by atoms with Gasteiger partial charge in [-0.05, 0) is 22.6 Å². The maximum absolute atomic E-state index is 11.0. The average molecular weight is 356 g/mol. The van der Waals surface area contributed by atoms with Gasteiger partial charge < -0.3 is 10.1 Å². The monoisotopic (exact) mass is 356 g/mol. The van der Waals surface area contributed by atoms with Crippen LogP contribution in [0.3, 0.4) is 0 Å². The molecule has 0 saturated heterocycles. The number of carboxylic acid groups (broad SMARTS) is 1. The van der Waals surface area contributed by atoms with Crippen LogP contribution in [0.25, 0.3) is 17.0 Å². The molecule has 9 heteroatoms. The van der Waals surface area contributed by atoms with Crippen LogP contribution in [0.4, 0.5) is 0 Å². The Bertz CT molecular complexity index is 748. The van der Waals surface area contributed by atoms with Crippen LogP contribution in [0.2, 0.25) is 0 Å². The second kappa shape index (κ2) is 4.01. The summed E-state index contributed by atoms with van der Waals surface area (Å²) in [6.07, 6.45) is 4.14. The van der Waals surface area contributed by atoms with Crippen LogP contribution >= 0.6 is 22.6 Å². The third-order valence-corrected chi connectivity index (χ3v) is 3.38. The van der Waals surface area contributed by atoms with Crippen LogP contribution in [0, 0.1) is 3.70 Å². The van der Waals surface area contributed by atoms with E-state index in [4.69, 9.17) is 5.11 Å². The highest BCUT2D eigenvalue weighted by Gasteiger charge is 2.18. The Morgan fingerprint density at radius 3 is 2.94 bits per heavy atom. The maximum atomic E-state index is 11.0. The molecule has 0 radical (unpaired) electrons. The van der Waals surface area contributed by atoms with Gasteiger partial charge in [-0.25, -0.2) is 24.4 Å². The van der Waals surface area contributed by atoms with E-state index in [-0.39, 0.29) is 5.56 Å². The molecule has 0 aliphatic heterocycles. The Morgan fingerprint density at radius 1 is 1.39 bits per heavy atom. The first-order chi connectivity index (χ1) is 8.68. The Kier molecular flexibility index (Phi) is 2.47. The maximum Gasteiger partial charge on any atom is 0.340 e. The molecule has 3 heterocycles. The van der Waals surface area contributed by atoms with E-state index in [1.165, 1.54) is 23.5 Å². The van der Waals surface area contributed by atoms with Gasteiger partial charge in [-0.2, -0.15) is 5.10 Å². The molecule has 0 aliphatic rings. The molecular formula is C9H5IN6O2. The minimum atomic E-state index is -1.03. The number of H-pyrrole nitrogens is 1. The first-order valence-corrected chi connectivity index (χ1v) is 5.87. The Hall–Kier alpha value is -2.04. The fraction of sp³-hybridized carbons (Fsp3) is 0. The predicted octanol–water partition coefficient (Wildman–Crippen LogP) is 0.841. The zero-order valence-corrected chi connectivity index (χ0v) is 10.9. The van der Waals surface area contributed by atoms with Crippen molar-refractivity contribution in [2.24, 2.45) is 0 Å². The SMILES string of the molecule is O=C(O)c1cnn(-c2ncnc3nc[nH]c23)c1I. The molecular weight excluding hydrogens is 351 g/mol. The van der Waals surface area contributed by atoms with Gasteiger partial charge in [0.25, 0.3) is 0 Å². The number of halogens is 1. The van der Waals surface area contributed by atoms with Crippen LogP contribution in [0.1, 0.15) is 10.4 Å². The van der Waals surface area contributed by atoms with Gasteiger partial charge in [0.05, 0.1) is 12.5 Å². The molecule has 3 aromatic heterocycles. The molecule has 0 unspecified atom stereocenters. The van der Waals surface area contributed by atoms with E-state index in [2.05, 4.69) is 25.0 Å². The largest absolute Gasteiger partial charge is 0.478 e. The van der Waals surface area contributed by atoms with E-state index in [0.29, 0.717) is 20.7 Å². The topological polar surface area (TPSA) is 110 Å². The van der Waals surface area contributed by atoms with Crippen molar-refractivity contribution >= 4 is 39.7 Å². The Labute approximate surface area is 113 Å². The number of rotatable bonds is 2. The van der Waals surface area contributed by atoms with E-state index in [1.54, 1.807) is 0 Å². The van der Waals surface area contributed by atoms with Gasteiger partial charge in [0, 0.05) is 0 Å². The minimum Gasteiger partial charge on any atom is -0.478 e. The number of carboxylic acids is 1. The summed E-state index contributed by atoms with van der Waals surface area (Å²) in [6, 6.07) is 0.